The quantitative estimate of drug-likeness (QED) is 0.794. The van der Waals surface area contributed by atoms with Crippen molar-refractivity contribution in [3.05, 3.63) is 47.9 Å². The second-order valence-corrected chi connectivity index (χ2v) is 7.24. The van der Waals surface area contributed by atoms with E-state index in [1.54, 1.807) is 18.3 Å². The van der Waals surface area contributed by atoms with Gasteiger partial charge >= 0.3 is 0 Å². The summed E-state index contributed by atoms with van der Waals surface area (Å²) in [6.45, 7) is 5.03. The molecule has 2 atom stereocenters. The van der Waals surface area contributed by atoms with Crippen molar-refractivity contribution in [2.75, 3.05) is 18.0 Å². The summed E-state index contributed by atoms with van der Waals surface area (Å²) in [5.41, 5.74) is 1.02. The molecule has 1 N–H and O–H groups in total. The lowest BCUT2D eigenvalue weighted by Crippen LogP contribution is -2.38. The molecule has 0 unspecified atom stereocenters. The molecule has 4 rings (SSSR count). The number of hydrogen-bond acceptors (Lipinski definition) is 5. The van der Waals surface area contributed by atoms with Crippen molar-refractivity contribution in [1.29, 1.82) is 0 Å². The van der Waals surface area contributed by atoms with Crippen molar-refractivity contribution >= 4 is 32.6 Å². The van der Waals surface area contributed by atoms with Crippen molar-refractivity contribution in [3.8, 4) is 0 Å². The zero-order chi connectivity index (χ0) is 16.7. The van der Waals surface area contributed by atoms with Crippen LogP contribution in [0.4, 0.5) is 5.13 Å². The average Bonchev–Trinajstić information content (AvgIpc) is 3.23. The van der Waals surface area contributed by atoms with Gasteiger partial charge in [-0.3, -0.25) is 4.79 Å². The smallest absolute Gasteiger partial charge is 0.217 e. The van der Waals surface area contributed by atoms with Crippen molar-refractivity contribution in [2.45, 2.75) is 25.8 Å². The topological polar surface area (TPSA) is 58.4 Å². The molecule has 1 amide bonds. The van der Waals surface area contributed by atoms with Gasteiger partial charge in [0.2, 0.25) is 5.91 Å². The molecule has 24 heavy (non-hydrogen) atoms. The largest absolute Gasteiger partial charge is 0.466 e. The first kappa shape index (κ1) is 15.2. The van der Waals surface area contributed by atoms with Crippen molar-refractivity contribution < 1.29 is 9.21 Å². The number of carbonyl (C=O) groups is 1. The van der Waals surface area contributed by atoms with E-state index in [-0.39, 0.29) is 17.9 Å². The zero-order valence-corrected chi connectivity index (χ0v) is 14.5. The maximum Gasteiger partial charge on any atom is 0.217 e. The summed E-state index contributed by atoms with van der Waals surface area (Å²) in [5, 5.41) is 4.07. The number of nitrogens with one attached hydrogen (secondary N) is 1. The van der Waals surface area contributed by atoms with Crippen LogP contribution in [0.25, 0.3) is 10.2 Å². The van der Waals surface area contributed by atoms with Crippen LogP contribution in [0, 0.1) is 6.92 Å². The SMILES string of the molecule is CC(=O)N[C@@H]1CN(c2nc3ccccc3s2)C[C@H]1c1ccc(C)o1. The molecule has 3 heterocycles. The van der Waals surface area contributed by atoms with Gasteiger partial charge in [0.25, 0.3) is 0 Å². The average molecular weight is 341 g/mol. The third kappa shape index (κ3) is 2.78. The minimum Gasteiger partial charge on any atom is -0.466 e. The number of hydrogen-bond donors (Lipinski definition) is 1. The summed E-state index contributed by atoms with van der Waals surface area (Å²) < 4.78 is 7.01. The number of carbonyl (C=O) groups excluding carboxylic acids is 1. The maximum atomic E-state index is 11.6. The molecule has 6 heteroatoms. The van der Waals surface area contributed by atoms with Crippen LogP contribution in [-0.2, 0) is 4.79 Å². The molecule has 1 aromatic carbocycles. The normalized spacial score (nSPS) is 20.7. The van der Waals surface area contributed by atoms with E-state index in [0.717, 1.165) is 35.3 Å². The van der Waals surface area contributed by atoms with Crippen LogP contribution in [0.15, 0.2) is 40.8 Å². The van der Waals surface area contributed by atoms with Gasteiger partial charge in [-0.05, 0) is 31.2 Å². The highest BCUT2D eigenvalue weighted by Crippen LogP contribution is 2.35. The Labute approximate surface area is 144 Å². The number of aromatic nitrogens is 1. The van der Waals surface area contributed by atoms with Gasteiger partial charge in [-0.25, -0.2) is 4.98 Å². The molecule has 0 radical (unpaired) electrons. The van der Waals surface area contributed by atoms with Gasteiger partial charge in [-0.15, -0.1) is 0 Å². The van der Waals surface area contributed by atoms with Gasteiger partial charge < -0.3 is 14.6 Å². The molecule has 124 valence electrons. The van der Waals surface area contributed by atoms with E-state index in [9.17, 15) is 4.79 Å². The Morgan fingerprint density at radius 3 is 2.83 bits per heavy atom. The van der Waals surface area contributed by atoms with Crippen molar-refractivity contribution in [1.82, 2.24) is 10.3 Å². The Morgan fingerprint density at radius 1 is 1.29 bits per heavy atom. The standard InChI is InChI=1S/C18H19N3O2S/c1-11-7-8-16(23-11)13-9-21(10-15(13)19-12(2)22)18-20-14-5-3-4-6-17(14)24-18/h3-8,13,15H,9-10H2,1-2H3,(H,19,22)/t13-,15-/m1/s1. The van der Waals surface area contributed by atoms with Gasteiger partial charge in [0.1, 0.15) is 11.5 Å². The first-order valence-corrected chi connectivity index (χ1v) is 8.86. The summed E-state index contributed by atoms with van der Waals surface area (Å²) in [5.74, 6) is 1.94. The van der Waals surface area contributed by atoms with Crippen molar-refractivity contribution in [2.24, 2.45) is 0 Å². The van der Waals surface area contributed by atoms with Crippen LogP contribution in [0.2, 0.25) is 0 Å². The van der Waals surface area contributed by atoms with E-state index in [1.807, 2.05) is 37.3 Å². The van der Waals surface area contributed by atoms with E-state index in [2.05, 4.69) is 16.3 Å². The lowest BCUT2D eigenvalue weighted by Gasteiger charge is -2.16. The Morgan fingerprint density at radius 2 is 2.12 bits per heavy atom. The fraction of sp³-hybridized carbons (Fsp3) is 0.333. The molecule has 0 bridgehead atoms. The number of benzene rings is 1. The van der Waals surface area contributed by atoms with Crippen LogP contribution >= 0.6 is 11.3 Å². The Kier molecular flexibility index (Phi) is 3.76. The minimum absolute atomic E-state index is 0.0144. The molecule has 1 aliphatic heterocycles. The first-order valence-electron chi connectivity index (χ1n) is 8.04. The molecule has 3 aromatic rings. The fourth-order valence-corrected chi connectivity index (χ4v) is 4.29. The van der Waals surface area contributed by atoms with Crippen LogP contribution in [0.3, 0.4) is 0 Å². The predicted molar refractivity (Wildman–Crippen MR) is 95.6 cm³/mol. The highest BCUT2D eigenvalue weighted by Gasteiger charge is 2.37. The number of aryl methyl sites for hydroxylation is 1. The summed E-state index contributed by atoms with van der Waals surface area (Å²) in [6, 6.07) is 12.2. The first-order chi connectivity index (χ1) is 11.6. The molecule has 1 fully saturated rings. The fourth-order valence-electron chi connectivity index (χ4n) is 3.30. The van der Waals surface area contributed by atoms with Gasteiger partial charge in [-0.1, -0.05) is 23.5 Å². The van der Waals surface area contributed by atoms with E-state index >= 15 is 0 Å². The third-order valence-electron chi connectivity index (χ3n) is 4.39. The second-order valence-electron chi connectivity index (χ2n) is 6.23. The Balaban J connectivity index is 1.64. The number of rotatable bonds is 3. The minimum atomic E-state index is -0.0144. The van der Waals surface area contributed by atoms with Crippen LogP contribution < -0.4 is 10.2 Å². The third-order valence-corrected chi connectivity index (χ3v) is 5.49. The maximum absolute atomic E-state index is 11.6. The van der Waals surface area contributed by atoms with E-state index in [1.165, 1.54) is 4.70 Å². The number of fused-ring (bicyclic) bond motifs is 1. The summed E-state index contributed by atoms with van der Waals surface area (Å²) >= 11 is 1.69. The lowest BCUT2D eigenvalue weighted by atomic mass is 10.0. The van der Waals surface area contributed by atoms with E-state index in [0.29, 0.717) is 0 Å². The molecule has 0 spiro atoms. The monoisotopic (exact) mass is 341 g/mol. The van der Waals surface area contributed by atoms with Gasteiger partial charge in [0, 0.05) is 20.0 Å². The number of anilines is 1. The van der Waals surface area contributed by atoms with Gasteiger partial charge in [0.05, 0.1) is 22.2 Å². The van der Waals surface area contributed by atoms with Crippen molar-refractivity contribution in [3.63, 3.8) is 0 Å². The Hall–Kier alpha value is -2.34. The number of nitrogens with zero attached hydrogens (tertiary/aromatic N) is 2. The number of amides is 1. The molecular weight excluding hydrogens is 322 g/mol. The van der Waals surface area contributed by atoms with Crippen LogP contribution in [0.5, 0.6) is 0 Å². The highest BCUT2D eigenvalue weighted by atomic mass is 32.1. The van der Waals surface area contributed by atoms with Crippen LogP contribution in [-0.4, -0.2) is 30.0 Å². The number of para-hydroxylation sites is 1. The van der Waals surface area contributed by atoms with Gasteiger partial charge in [-0.2, -0.15) is 0 Å². The lowest BCUT2D eigenvalue weighted by molar-refractivity contribution is -0.119. The van der Waals surface area contributed by atoms with E-state index in [4.69, 9.17) is 9.40 Å². The highest BCUT2D eigenvalue weighted by molar-refractivity contribution is 7.22. The zero-order valence-electron chi connectivity index (χ0n) is 13.7. The Bertz CT molecular complexity index is 852. The molecule has 0 aliphatic carbocycles. The molecule has 0 saturated carbocycles. The van der Waals surface area contributed by atoms with E-state index < -0.39 is 0 Å². The molecule has 2 aromatic heterocycles. The molecular formula is C18H19N3O2S. The molecule has 1 aliphatic rings. The predicted octanol–water partition coefficient (Wildman–Crippen LogP) is 3.31. The molecule has 5 nitrogen and oxygen atoms in total. The number of thiazole rings is 1. The summed E-state index contributed by atoms with van der Waals surface area (Å²) in [4.78, 5) is 18.6. The van der Waals surface area contributed by atoms with Gasteiger partial charge in [0.15, 0.2) is 5.13 Å². The molecule has 1 saturated heterocycles. The summed E-state index contributed by atoms with van der Waals surface area (Å²) in [6.07, 6.45) is 0. The number of furan rings is 1. The summed E-state index contributed by atoms with van der Waals surface area (Å²) in [7, 11) is 0. The second kappa shape index (κ2) is 5.94. The van der Waals surface area contributed by atoms with Crippen LogP contribution in [0.1, 0.15) is 24.4 Å².